The van der Waals surface area contributed by atoms with Crippen LogP contribution in [0.15, 0.2) is 24.3 Å². The lowest BCUT2D eigenvalue weighted by Gasteiger charge is -2.27. The summed E-state index contributed by atoms with van der Waals surface area (Å²) in [4.78, 5) is 0. The van der Waals surface area contributed by atoms with Crippen molar-refractivity contribution in [1.82, 2.24) is 5.32 Å². The first-order chi connectivity index (χ1) is 9.29. The molecule has 0 saturated heterocycles. The summed E-state index contributed by atoms with van der Waals surface area (Å²) in [6.07, 6.45) is 8.08. The molecule has 0 aromatic heterocycles. The number of rotatable bonds is 7. The first-order valence-electron chi connectivity index (χ1n) is 7.77. The monoisotopic (exact) mass is 260 g/mol. The van der Waals surface area contributed by atoms with Crippen molar-refractivity contribution in [3.8, 4) is 0 Å². The lowest BCUT2D eigenvalue weighted by molar-refractivity contribution is 0.270. The smallest absolute Gasteiger partial charge is 0.0180 e. The van der Waals surface area contributed by atoms with E-state index in [0.717, 1.165) is 13.0 Å². The van der Waals surface area contributed by atoms with E-state index < -0.39 is 0 Å². The van der Waals surface area contributed by atoms with Gasteiger partial charge >= 0.3 is 0 Å². The largest absolute Gasteiger partial charge is 0.326 e. The maximum atomic E-state index is 5.78. The first-order valence-corrected chi connectivity index (χ1v) is 7.77. The molecule has 0 unspecified atom stereocenters. The van der Waals surface area contributed by atoms with Gasteiger partial charge in [0.15, 0.2) is 0 Å². The molecule has 2 nitrogen and oxygen atoms in total. The summed E-state index contributed by atoms with van der Waals surface area (Å²) in [5.41, 5.74) is 9.05. The summed E-state index contributed by atoms with van der Waals surface area (Å²) >= 11 is 0. The van der Waals surface area contributed by atoms with Crippen LogP contribution in [0.2, 0.25) is 0 Å². The summed E-state index contributed by atoms with van der Waals surface area (Å²) < 4.78 is 0. The van der Waals surface area contributed by atoms with Crippen LogP contribution < -0.4 is 11.1 Å². The minimum atomic E-state index is 0.591. The van der Waals surface area contributed by atoms with Crippen LogP contribution in [0.5, 0.6) is 0 Å². The van der Waals surface area contributed by atoms with Crippen LogP contribution >= 0.6 is 0 Å². The van der Waals surface area contributed by atoms with Crippen molar-refractivity contribution in [3.63, 3.8) is 0 Å². The van der Waals surface area contributed by atoms with Crippen LogP contribution in [-0.2, 0) is 13.0 Å². The molecule has 19 heavy (non-hydrogen) atoms. The highest BCUT2D eigenvalue weighted by molar-refractivity contribution is 5.27. The van der Waals surface area contributed by atoms with Gasteiger partial charge in [-0.05, 0) is 48.8 Å². The van der Waals surface area contributed by atoms with Crippen LogP contribution in [0.1, 0.15) is 50.2 Å². The molecule has 0 aliphatic heterocycles. The Morgan fingerprint density at radius 3 is 2.47 bits per heavy atom. The summed E-state index contributed by atoms with van der Waals surface area (Å²) in [5.74, 6) is 0. The van der Waals surface area contributed by atoms with Crippen molar-refractivity contribution >= 4 is 0 Å². The third kappa shape index (κ3) is 3.80. The van der Waals surface area contributed by atoms with E-state index in [0.29, 0.717) is 12.0 Å². The Hall–Kier alpha value is -0.860. The SMILES string of the molecule is CCC1(CNCCc2ccccc2CN)CCCC1. The molecule has 1 saturated carbocycles. The molecule has 2 heteroatoms. The van der Waals surface area contributed by atoms with Gasteiger partial charge in [0.1, 0.15) is 0 Å². The zero-order chi connectivity index (χ0) is 13.6. The van der Waals surface area contributed by atoms with Crippen LogP contribution in [-0.4, -0.2) is 13.1 Å². The number of nitrogens with two attached hydrogens (primary N) is 1. The molecule has 1 aliphatic carbocycles. The molecule has 0 amide bonds. The molecular formula is C17H28N2. The molecule has 1 aromatic rings. The molecule has 0 bridgehead atoms. The fourth-order valence-electron chi connectivity index (χ4n) is 3.36. The van der Waals surface area contributed by atoms with Crippen molar-refractivity contribution in [1.29, 1.82) is 0 Å². The molecule has 0 spiro atoms. The molecule has 2 rings (SSSR count). The summed E-state index contributed by atoms with van der Waals surface area (Å²) in [6, 6.07) is 8.53. The predicted molar refractivity (Wildman–Crippen MR) is 82.1 cm³/mol. The Balaban J connectivity index is 1.77. The molecule has 106 valence electrons. The van der Waals surface area contributed by atoms with Gasteiger partial charge in [0.05, 0.1) is 0 Å². The molecular weight excluding hydrogens is 232 g/mol. The number of benzene rings is 1. The van der Waals surface area contributed by atoms with E-state index in [4.69, 9.17) is 5.73 Å². The third-order valence-electron chi connectivity index (χ3n) is 4.82. The molecule has 1 fully saturated rings. The second-order valence-corrected chi connectivity index (χ2v) is 5.96. The predicted octanol–water partition coefficient (Wildman–Crippen LogP) is 3.25. The van der Waals surface area contributed by atoms with E-state index in [9.17, 15) is 0 Å². The van der Waals surface area contributed by atoms with Crippen molar-refractivity contribution in [2.45, 2.75) is 52.0 Å². The second kappa shape index (κ2) is 7.06. The maximum Gasteiger partial charge on any atom is 0.0180 e. The second-order valence-electron chi connectivity index (χ2n) is 5.96. The minimum absolute atomic E-state index is 0.591. The van der Waals surface area contributed by atoms with E-state index in [1.165, 1.54) is 49.8 Å². The fraction of sp³-hybridized carbons (Fsp3) is 0.647. The average molecular weight is 260 g/mol. The van der Waals surface area contributed by atoms with Gasteiger partial charge in [-0.1, -0.05) is 44.0 Å². The van der Waals surface area contributed by atoms with Gasteiger partial charge in [0.2, 0.25) is 0 Å². The van der Waals surface area contributed by atoms with Crippen LogP contribution in [0.4, 0.5) is 0 Å². The molecule has 0 heterocycles. The maximum absolute atomic E-state index is 5.78. The standard InChI is InChI=1S/C17H28N2/c1-2-17(10-5-6-11-17)14-19-12-9-15-7-3-4-8-16(15)13-18/h3-4,7-8,19H,2,5-6,9-14,18H2,1H3. The minimum Gasteiger partial charge on any atom is -0.326 e. The van der Waals surface area contributed by atoms with Gasteiger partial charge < -0.3 is 11.1 Å². The molecule has 0 atom stereocenters. The van der Waals surface area contributed by atoms with Crippen molar-refractivity contribution in [2.24, 2.45) is 11.1 Å². The van der Waals surface area contributed by atoms with Gasteiger partial charge in [-0.15, -0.1) is 0 Å². The lowest BCUT2D eigenvalue weighted by Crippen LogP contribution is -2.32. The molecule has 1 aliphatic rings. The molecule has 0 radical (unpaired) electrons. The van der Waals surface area contributed by atoms with Gasteiger partial charge in [-0.25, -0.2) is 0 Å². The van der Waals surface area contributed by atoms with Crippen LogP contribution in [0, 0.1) is 5.41 Å². The van der Waals surface area contributed by atoms with Crippen molar-refractivity contribution in [3.05, 3.63) is 35.4 Å². The first kappa shape index (κ1) is 14.5. The highest BCUT2D eigenvalue weighted by Gasteiger charge is 2.31. The molecule has 3 N–H and O–H groups in total. The van der Waals surface area contributed by atoms with Gasteiger partial charge in [0, 0.05) is 13.1 Å². The summed E-state index contributed by atoms with van der Waals surface area (Å²) in [6.45, 7) is 5.25. The Morgan fingerprint density at radius 2 is 1.84 bits per heavy atom. The fourth-order valence-corrected chi connectivity index (χ4v) is 3.36. The Kier molecular flexibility index (Phi) is 5.41. The zero-order valence-electron chi connectivity index (χ0n) is 12.3. The normalized spacial score (nSPS) is 17.8. The summed E-state index contributed by atoms with van der Waals surface area (Å²) in [7, 11) is 0. The molecule has 1 aromatic carbocycles. The quantitative estimate of drug-likeness (QED) is 0.739. The van der Waals surface area contributed by atoms with E-state index in [1.807, 2.05) is 0 Å². The zero-order valence-corrected chi connectivity index (χ0v) is 12.3. The Labute approximate surface area is 117 Å². The van der Waals surface area contributed by atoms with Gasteiger partial charge in [-0.3, -0.25) is 0 Å². The van der Waals surface area contributed by atoms with E-state index in [-0.39, 0.29) is 0 Å². The third-order valence-corrected chi connectivity index (χ3v) is 4.82. The van der Waals surface area contributed by atoms with Crippen LogP contribution in [0.3, 0.4) is 0 Å². The highest BCUT2D eigenvalue weighted by Crippen LogP contribution is 2.40. The van der Waals surface area contributed by atoms with Gasteiger partial charge in [-0.2, -0.15) is 0 Å². The summed E-state index contributed by atoms with van der Waals surface area (Å²) in [5, 5.41) is 3.68. The Bertz CT molecular complexity index is 381. The number of hydrogen-bond donors (Lipinski definition) is 2. The highest BCUT2D eigenvalue weighted by atomic mass is 14.9. The van der Waals surface area contributed by atoms with E-state index >= 15 is 0 Å². The topological polar surface area (TPSA) is 38.0 Å². The number of nitrogens with one attached hydrogen (secondary N) is 1. The number of hydrogen-bond acceptors (Lipinski definition) is 2. The van der Waals surface area contributed by atoms with E-state index in [1.54, 1.807) is 0 Å². The van der Waals surface area contributed by atoms with Gasteiger partial charge in [0.25, 0.3) is 0 Å². The van der Waals surface area contributed by atoms with E-state index in [2.05, 4.69) is 36.5 Å². The van der Waals surface area contributed by atoms with Crippen LogP contribution in [0.25, 0.3) is 0 Å². The Morgan fingerprint density at radius 1 is 1.16 bits per heavy atom. The van der Waals surface area contributed by atoms with Crippen molar-refractivity contribution in [2.75, 3.05) is 13.1 Å². The average Bonchev–Trinajstić information content (AvgIpc) is 2.93. The van der Waals surface area contributed by atoms with Crippen molar-refractivity contribution < 1.29 is 0 Å². The lowest BCUT2D eigenvalue weighted by atomic mass is 9.83.